The van der Waals surface area contributed by atoms with Crippen molar-refractivity contribution in [2.75, 3.05) is 27.3 Å². The van der Waals surface area contributed by atoms with Gasteiger partial charge in [0, 0.05) is 32.0 Å². The van der Waals surface area contributed by atoms with E-state index in [1.165, 1.54) is 6.42 Å². The van der Waals surface area contributed by atoms with Crippen LogP contribution in [0.25, 0.3) is 0 Å². The van der Waals surface area contributed by atoms with Crippen LogP contribution in [0.3, 0.4) is 0 Å². The normalized spacial score (nSPS) is 25.1. The third kappa shape index (κ3) is 3.00. The molecule has 4 heteroatoms. The number of hydrogen-bond donors (Lipinski definition) is 0. The van der Waals surface area contributed by atoms with Gasteiger partial charge in [0.1, 0.15) is 0 Å². The lowest BCUT2D eigenvalue weighted by Crippen LogP contribution is -2.43. The summed E-state index contributed by atoms with van der Waals surface area (Å²) in [5, 5.41) is 0. The summed E-state index contributed by atoms with van der Waals surface area (Å²) in [6.07, 6.45) is 3.28. The second kappa shape index (κ2) is 6.16. The molecule has 4 nitrogen and oxygen atoms in total. The molecule has 1 saturated heterocycles. The summed E-state index contributed by atoms with van der Waals surface area (Å²) >= 11 is 0. The molecule has 2 unspecified atom stereocenters. The molecule has 0 spiro atoms. The summed E-state index contributed by atoms with van der Waals surface area (Å²) in [4.78, 5) is 6.65. The molecule has 2 heterocycles. The molecule has 2 rings (SSSR count). The lowest BCUT2D eigenvalue weighted by atomic mass is 9.95. The highest BCUT2D eigenvalue weighted by Gasteiger charge is 2.26. The summed E-state index contributed by atoms with van der Waals surface area (Å²) in [6.45, 7) is 5.23. The van der Waals surface area contributed by atoms with Crippen LogP contribution in [0, 0.1) is 5.92 Å². The predicted molar refractivity (Wildman–Crippen MR) is 70.6 cm³/mol. The summed E-state index contributed by atoms with van der Waals surface area (Å²) < 4.78 is 10.8. The maximum absolute atomic E-state index is 5.54. The summed E-state index contributed by atoms with van der Waals surface area (Å²) in [5.74, 6) is 1.37. The van der Waals surface area contributed by atoms with Crippen molar-refractivity contribution >= 4 is 0 Å². The van der Waals surface area contributed by atoms with Crippen molar-refractivity contribution in [1.82, 2.24) is 9.88 Å². The fraction of sp³-hybridized carbons (Fsp3) is 0.643. The smallest absolute Gasteiger partial charge is 0.217 e. The number of methoxy groups -OCH3 is 2. The lowest BCUT2D eigenvalue weighted by Gasteiger charge is -2.36. The zero-order valence-corrected chi connectivity index (χ0v) is 11.4. The molecule has 0 aliphatic carbocycles. The number of rotatable bonds is 4. The van der Waals surface area contributed by atoms with E-state index >= 15 is 0 Å². The van der Waals surface area contributed by atoms with Gasteiger partial charge in [0.2, 0.25) is 5.88 Å². The number of ether oxygens (including phenoxy) is 2. The zero-order chi connectivity index (χ0) is 13.0. The Morgan fingerprint density at radius 3 is 3.00 bits per heavy atom. The van der Waals surface area contributed by atoms with Crippen LogP contribution in [-0.2, 0) is 11.3 Å². The Labute approximate surface area is 109 Å². The van der Waals surface area contributed by atoms with Crippen LogP contribution in [0.1, 0.15) is 18.9 Å². The fourth-order valence-electron chi connectivity index (χ4n) is 2.52. The molecule has 0 aromatic carbocycles. The van der Waals surface area contributed by atoms with Crippen molar-refractivity contribution in [2.45, 2.75) is 26.0 Å². The molecule has 0 amide bonds. The van der Waals surface area contributed by atoms with E-state index in [0.717, 1.165) is 31.1 Å². The van der Waals surface area contributed by atoms with Gasteiger partial charge in [0.15, 0.2) is 0 Å². The first-order valence-corrected chi connectivity index (χ1v) is 6.47. The zero-order valence-electron chi connectivity index (χ0n) is 11.4. The molecule has 0 radical (unpaired) electrons. The van der Waals surface area contributed by atoms with E-state index < -0.39 is 0 Å². The van der Waals surface area contributed by atoms with Gasteiger partial charge in [0.05, 0.1) is 13.2 Å². The highest BCUT2D eigenvalue weighted by atomic mass is 16.5. The van der Waals surface area contributed by atoms with Crippen LogP contribution >= 0.6 is 0 Å². The molecule has 1 aliphatic rings. The minimum Gasteiger partial charge on any atom is -0.481 e. The molecule has 1 aromatic rings. The number of aromatic nitrogens is 1. The quantitative estimate of drug-likeness (QED) is 0.818. The molecule has 0 saturated carbocycles. The summed E-state index contributed by atoms with van der Waals surface area (Å²) in [7, 11) is 3.47. The fourth-order valence-corrected chi connectivity index (χ4v) is 2.52. The Morgan fingerprint density at radius 1 is 1.44 bits per heavy atom. The molecule has 0 bridgehead atoms. The number of piperidine rings is 1. The van der Waals surface area contributed by atoms with Gasteiger partial charge in [-0.3, -0.25) is 4.90 Å². The molecule has 1 aromatic heterocycles. The van der Waals surface area contributed by atoms with Gasteiger partial charge < -0.3 is 9.47 Å². The average Bonchev–Trinajstić information content (AvgIpc) is 2.41. The molecular weight excluding hydrogens is 228 g/mol. The minimum atomic E-state index is 0.335. The third-order valence-corrected chi connectivity index (χ3v) is 3.71. The van der Waals surface area contributed by atoms with Crippen molar-refractivity contribution in [3.8, 4) is 5.88 Å². The standard InChI is InChI=1S/C14H22N2O2/c1-11-6-8-16(10-13(11)17-2)9-12-5-4-7-15-14(12)18-3/h4-5,7,11,13H,6,8-10H2,1-3H3. The average molecular weight is 250 g/mol. The lowest BCUT2D eigenvalue weighted by molar-refractivity contribution is -0.00766. The third-order valence-electron chi connectivity index (χ3n) is 3.71. The SMILES string of the molecule is COc1ncccc1CN1CCC(C)C(OC)C1. The van der Waals surface area contributed by atoms with Gasteiger partial charge in [0.25, 0.3) is 0 Å². The molecule has 100 valence electrons. The van der Waals surface area contributed by atoms with Crippen LogP contribution in [0.5, 0.6) is 5.88 Å². The molecular formula is C14H22N2O2. The summed E-state index contributed by atoms with van der Waals surface area (Å²) in [5.41, 5.74) is 1.14. The van der Waals surface area contributed by atoms with Gasteiger partial charge in [-0.15, -0.1) is 0 Å². The second-order valence-electron chi connectivity index (χ2n) is 4.95. The Bertz CT molecular complexity index is 384. The number of hydrogen-bond acceptors (Lipinski definition) is 4. The van der Waals surface area contributed by atoms with Crippen molar-refractivity contribution < 1.29 is 9.47 Å². The minimum absolute atomic E-state index is 0.335. The number of likely N-dealkylation sites (tertiary alicyclic amines) is 1. The second-order valence-corrected chi connectivity index (χ2v) is 4.95. The van der Waals surface area contributed by atoms with Crippen LogP contribution in [0.2, 0.25) is 0 Å². The highest BCUT2D eigenvalue weighted by molar-refractivity contribution is 5.25. The Balaban J connectivity index is 2.01. The molecule has 0 N–H and O–H groups in total. The van der Waals surface area contributed by atoms with E-state index in [1.54, 1.807) is 20.4 Å². The van der Waals surface area contributed by atoms with Crippen molar-refractivity contribution in [3.05, 3.63) is 23.9 Å². The van der Waals surface area contributed by atoms with Crippen LogP contribution < -0.4 is 4.74 Å². The Hall–Kier alpha value is -1.13. The van der Waals surface area contributed by atoms with E-state index in [0.29, 0.717) is 12.0 Å². The van der Waals surface area contributed by atoms with E-state index in [-0.39, 0.29) is 0 Å². The largest absolute Gasteiger partial charge is 0.481 e. The molecule has 18 heavy (non-hydrogen) atoms. The van der Waals surface area contributed by atoms with Crippen molar-refractivity contribution in [1.29, 1.82) is 0 Å². The van der Waals surface area contributed by atoms with E-state index in [4.69, 9.17) is 9.47 Å². The van der Waals surface area contributed by atoms with E-state index in [1.807, 2.05) is 6.07 Å². The number of nitrogens with zero attached hydrogens (tertiary/aromatic N) is 2. The highest BCUT2D eigenvalue weighted by Crippen LogP contribution is 2.23. The van der Waals surface area contributed by atoms with Gasteiger partial charge in [-0.25, -0.2) is 4.98 Å². The van der Waals surface area contributed by atoms with Crippen LogP contribution in [-0.4, -0.2) is 43.3 Å². The van der Waals surface area contributed by atoms with Gasteiger partial charge in [-0.2, -0.15) is 0 Å². The van der Waals surface area contributed by atoms with Gasteiger partial charge >= 0.3 is 0 Å². The topological polar surface area (TPSA) is 34.6 Å². The van der Waals surface area contributed by atoms with Crippen LogP contribution in [0.4, 0.5) is 0 Å². The monoisotopic (exact) mass is 250 g/mol. The maximum Gasteiger partial charge on any atom is 0.217 e. The van der Waals surface area contributed by atoms with Gasteiger partial charge in [-0.05, 0) is 24.9 Å². The van der Waals surface area contributed by atoms with E-state index in [9.17, 15) is 0 Å². The van der Waals surface area contributed by atoms with Gasteiger partial charge in [-0.1, -0.05) is 13.0 Å². The van der Waals surface area contributed by atoms with Crippen molar-refractivity contribution in [2.24, 2.45) is 5.92 Å². The maximum atomic E-state index is 5.54. The first-order chi connectivity index (χ1) is 8.74. The molecule has 1 aliphatic heterocycles. The number of pyridine rings is 1. The van der Waals surface area contributed by atoms with E-state index in [2.05, 4.69) is 22.9 Å². The Morgan fingerprint density at radius 2 is 2.28 bits per heavy atom. The summed E-state index contributed by atoms with van der Waals surface area (Å²) in [6, 6.07) is 4.03. The van der Waals surface area contributed by atoms with Crippen molar-refractivity contribution in [3.63, 3.8) is 0 Å². The molecule has 1 fully saturated rings. The Kier molecular flexibility index (Phi) is 4.55. The first-order valence-electron chi connectivity index (χ1n) is 6.47. The first kappa shape index (κ1) is 13.3. The predicted octanol–water partition coefficient (Wildman–Crippen LogP) is 1.95. The molecule has 2 atom stereocenters. The van der Waals surface area contributed by atoms with Crippen LogP contribution in [0.15, 0.2) is 18.3 Å².